The lowest BCUT2D eigenvalue weighted by molar-refractivity contribution is -0.162. The average Bonchev–Trinajstić information content (AvgIpc) is 2.24. The van der Waals surface area contributed by atoms with Gasteiger partial charge in [0, 0.05) is 0 Å². The summed E-state index contributed by atoms with van der Waals surface area (Å²) in [7, 11) is -4.74. The molecule has 0 unspecified atom stereocenters. The lowest BCUT2D eigenvalue weighted by Crippen LogP contribution is -2.35. The third kappa shape index (κ3) is 4.98. The Balaban J connectivity index is 2.57. The molecule has 7 heteroatoms. The van der Waals surface area contributed by atoms with E-state index in [9.17, 15) is 9.36 Å². The van der Waals surface area contributed by atoms with Crippen LogP contribution in [-0.2, 0) is 25.2 Å². The molecule has 0 heterocycles. The zero-order valence-electron chi connectivity index (χ0n) is 10.1. The Morgan fingerprint density at radius 3 is 2.33 bits per heavy atom. The van der Waals surface area contributed by atoms with Gasteiger partial charge in [0.1, 0.15) is 6.61 Å². The number of hydrogen-bond donors (Lipinski definition) is 2. The highest BCUT2D eigenvalue weighted by Crippen LogP contribution is 2.41. The monoisotopic (exact) mass is 274 g/mol. The molecule has 0 aliphatic heterocycles. The van der Waals surface area contributed by atoms with Gasteiger partial charge in [-0.3, -0.25) is 4.52 Å². The van der Waals surface area contributed by atoms with Crippen LogP contribution in [0.4, 0.5) is 0 Å². The molecular weight excluding hydrogens is 259 g/mol. The van der Waals surface area contributed by atoms with Crippen molar-refractivity contribution in [3.05, 3.63) is 35.9 Å². The summed E-state index contributed by atoms with van der Waals surface area (Å²) in [6, 6.07) is 8.95. The van der Waals surface area contributed by atoms with Gasteiger partial charge in [0.25, 0.3) is 0 Å². The number of phosphoric acid groups is 1. The van der Waals surface area contributed by atoms with Crippen LogP contribution >= 0.6 is 7.82 Å². The zero-order valence-corrected chi connectivity index (χ0v) is 11.0. The van der Waals surface area contributed by atoms with Gasteiger partial charge < -0.3 is 14.5 Å². The van der Waals surface area contributed by atoms with E-state index in [1.54, 1.807) is 24.3 Å². The standard InChI is InChI=1S/C11H15O6P/c1-11(2,17-18(13,14)15)10(12)16-8-9-6-4-3-5-7-9/h3-7H,8H2,1-2H3,(H2,13,14,15). The van der Waals surface area contributed by atoms with Crippen LogP contribution in [0.2, 0.25) is 0 Å². The van der Waals surface area contributed by atoms with Crippen molar-refractivity contribution in [1.82, 2.24) is 0 Å². The fourth-order valence-corrected chi connectivity index (χ4v) is 1.90. The maximum Gasteiger partial charge on any atom is 0.470 e. The van der Waals surface area contributed by atoms with Crippen molar-refractivity contribution in [2.45, 2.75) is 26.1 Å². The number of ether oxygens (including phenoxy) is 1. The molecule has 0 radical (unpaired) electrons. The number of carbonyl (C=O) groups excluding carboxylic acids is 1. The van der Waals surface area contributed by atoms with Crippen LogP contribution < -0.4 is 0 Å². The number of esters is 1. The summed E-state index contributed by atoms with van der Waals surface area (Å²) in [6.07, 6.45) is 0. The lowest BCUT2D eigenvalue weighted by atomic mass is 10.1. The smallest absolute Gasteiger partial charge is 0.459 e. The molecule has 0 aromatic heterocycles. The molecule has 100 valence electrons. The van der Waals surface area contributed by atoms with E-state index >= 15 is 0 Å². The molecule has 0 atom stereocenters. The zero-order chi connectivity index (χ0) is 13.8. The molecule has 18 heavy (non-hydrogen) atoms. The van der Waals surface area contributed by atoms with Crippen molar-refractivity contribution in [1.29, 1.82) is 0 Å². The van der Waals surface area contributed by atoms with E-state index in [1.807, 2.05) is 6.07 Å². The van der Waals surface area contributed by atoms with Crippen molar-refractivity contribution in [3.8, 4) is 0 Å². The number of carbonyl (C=O) groups is 1. The topological polar surface area (TPSA) is 93.1 Å². The van der Waals surface area contributed by atoms with Gasteiger partial charge in [-0.15, -0.1) is 0 Å². The van der Waals surface area contributed by atoms with Crippen molar-refractivity contribution >= 4 is 13.8 Å². The molecule has 6 nitrogen and oxygen atoms in total. The Morgan fingerprint density at radius 1 is 1.28 bits per heavy atom. The Kier molecular flexibility index (Phi) is 4.65. The summed E-state index contributed by atoms with van der Waals surface area (Å²) in [5.41, 5.74) is -0.925. The van der Waals surface area contributed by atoms with E-state index in [4.69, 9.17) is 14.5 Å². The predicted molar refractivity (Wildman–Crippen MR) is 63.4 cm³/mol. The summed E-state index contributed by atoms with van der Waals surface area (Å²) in [6.45, 7) is 2.49. The minimum Gasteiger partial charge on any atom is -0.459 e. The summed E-state index contributed by atoms with van der Waals surface area (Å²) in [5, 5.41) is 0. The van der Waals surface area contributed by atoms with E-state index in [1.165, 1.54) is 13.8 Å². The van der Waals surface area contributed by atoms with Crippen molar-refractivity contribution in [2.24, 2.45) is 0 Å². The highest BCUT2D eigenvalue weighted by molar-refractivity contribution is 7.46. The quantitative estimate of drug-likeness (QED) is 0.626. The minimum absolute atomic E-state index is 0.0215. The lowest BCUT2D eigenvalue weighted by Gasteiger charge is -2.23. The first-order chi connectivity index (χ1) is 8.21. The van der Waals surface area contributed by atoms with E-state index in [2.05, 4.69) is 4.52 Å². The number of benzene rings is 1. The van der Waals surface area contributed by atoms with Crippen LogP contribution in [0.5, 0.6) is 0 Å². The summed E-state index contributed by atoms with van der Waals surface area (Å²) < 4.78 is 20.0. The molecule has 0 aliphatic carbocycles. The van der Waals surface area contributed by atoms with Crippen LogP contribution in [0.25, 0.3) is 0 Å². The van der Waals surface area contributed by atoms with Crippen molar-refractivity contribution in [2.75, 3.05) is 0 Å². The highest BCUT2D eigenvalue weighted by atomic mass is 31.2. The van der Waals surface area contributed by atoms with Crippen LogP contribution in [0, 0.1) is 0 Å². The second kappa shape index (κ2) is 5.63. The Morgan fingerprint density at radius 2 is 1.83 bits per heavy atom. The maximum absolute atomic E-state index is 11.6. The van der Waals surface area contributed by atoms with E-state index in [0.29, 0.717) is 0 Å². The molecule has 0 aliphatic rings. The predicted octanol–water partition coefficient (Wildman–Crippen LogP) is 1.62. The van der Waals surface area contributed by atoms with Crippen LogP contribution in [0.1, 0.15) is 19.4 Å². The van der Waals surface area contributed by atoms with Gasteiger partial charge in [-0.25, -0.2) is 9.36 Å². The maximum atomic E-state index is 11.6. The molecule has 0 saturated carbocycles. The van der Waals surface area contributed by atoms with E-state index in [-0.39, 0.29) is 6.61 Å². The largest absolute Gasteiger partial charge is 0.470 e. The Hall–Kier alpha value is -1.20. The van der Waals surface area contributed by atoms with Gasteiger partial charge in [-0.05, 0) is 19.4 Å². The molecule has 1 aromatic rings. The molecule has 1 aromatic carbocycles. The molecule has 0 fully saturated rings. The second-order valence-corrected chi connectivity index (χ2v) is 5.32. The number of phosphoric ester groups is 1. The molecule has 0 saturated heterocycles. The Bertz CT molecular complexity index is 450. The first-order valence-electron chi connectivity index (χ1n) is 5.18. The second-order valence-electron chi connectivity index (χ2n) is 4.15. The van der Waals surface area contributed by atoms with Crippen LogP contribution in [-0.4, -0.2) is 21.4 Å². The van der Waals surface area contributed by atoms with E-state index < -0.39 is 19.4 Å². The van der Waals surface area contributed by atoms with Gasteiger partial charge in [-0.1, -0.05) is 30.3 Å². The van der Waals surface area contributed by atoms with Gasteiger partial charge >= 0.3 is 13.8 Å². The van der Waals surface area contributed by atoms with Gasteiger partial charge in [0.05, 0.1) is 0 Å². The summed E-state index contributed by atoms with van der Waals surface area (Å²) >= 11 is 0. The van der Waals surface area contributed by atoms with Gasteiger partial charge in [0.15, 0.2) is 5.60 Å². The third-order valence-corrected chi connectivity index (χ3v) is 2.75. The van der Waals surface area contributed by atoms with Crippen LogP contribution in [0.15, 0.2) is 30.3 Å². The first kappa shape index (κ1) is 14.9. The Labute approximate surface area is 105 Å². The summed E-state index contributed by atoms with van der Waals surface area (Å²) in [5.74, 6) is -0.838. The molecule has 0 amide bonds. The normalized spacial score (nSPS) is 12.2. The fourth-order valence-electron chi connectivity index (χ4n) is 1.23. The van der Waals surface area contributed by atoms with Crippen LogP contribution in [0.3, 0.4) is 0 Å². The highest BCUT2D eigenvalue weighted by Gasteiger charge is 2.37. The average molecular weight is 274 g/mol. The number of rotatable bonds is 5. The molecule has 0 bridgehead atoms. The first-order valence-corrected chi connectivity index (χ1v) is 6.71. The summed E-state index contributed by atoms with van der Waals surface area (Å²) in [4.78, 5) is 29.0. The molecule has 0 spiro atoms. The molecule has 2 N–H and O–H groups in total. The molecular formula is C11H15O6P. The SMILES string of the molecule is CC(C)(OP(=O)(O)O)C(=O)OCc1ccccc1. The van der Waals surface area contributed by atoms with Crippen molar-refractivity contribution in [3.63, 3.8) is 0 Å². The van der Waals surface area contributed by atoms with Gasteiger partial charge in [0.2, 0.25) is 0 Å². The third-order valence-electron chi connectivity index (χ3n) is 2.05. The van der Waals surface area contributed by atoms with Crippen molar-refractivity contribution < 1.29 is 28.4 Å². The van der Waals surface area contributed by atoms with E-state index in [0.717, 1.165) is 5.56 Å². The minimum atomic E-state index is -4.74. The fraction of sp³-hybridized carbons (Fsp3) is 0.364. The number of hydrogen-bond acceptors (Lipinski definition) is 4. The molecule has 1 rings (SSSR count). The van der Waals surface area contributed by atoms with Gasteiger partial charge in [-0.2, -0.15) is 0 Å².